The molecule has 172 valence electrons. The van der Waals surface area contributed by atoms with E-state index >= 15 is 0 Å². The van der Waals surface area contributed by atoms with Gasteiger partial charge < -0.3 is 10.2 Å². The van der Waals surface area contributed by atoms with Gasteiger partial charge in [-0.1, -0.05) is 30.7 Å². The van der Waals surface area contributed by atoms with Gasteiger partial charge in [-0.05, 0) is 42.8 Å². The lowest BCUT2D eigenvalue weighted by Gasteiger charge is -2.34. The highest BCUT2D eigenvalue weighted by atomic mass is 35.5. The Morgan fingerprint density at radius 3 is 2.42 bits per heavy atom. The highest BCUT2D eigenvalue weighted by Gasteiger charge is 2.26. The molecule has 1 fully saturated rings. The summed E-state index contributed by atoms with van der Waals surface area (Å²) in [5.41, 5.74) is 2.63. The second kappa shape index (κ2) is 10.1. The highest BCUT2D eigenvalue weighted by molar-refractivity contribution is 6.33. The van der Waals surface area contributed by atoms with Crippen molar-refractivity contribution in [1.82, 2.24) is 19.6 Å². The lowest BCUT2D eigenvalue weighted by Crippen LogP contribution is -2.50. The van der Waals surface area contributed by atoms with Crippen LogP contribution in [0.5, 0.6) is 0 Å². The Morgan fingerprint density at radius 1 is 1.06 bits per heavy atom. The fraction of sp³-hybridized carbons (Fsp3) is 0.292. The van der Waals surface area contributed by atoms with Crippen LogP contribution in [0.3, 0.4) is 0 Å². The first-order valence-corrected chi connectivity index (χ1v) is 11.2. The Bertz CT molecular complexity index is 1140. The van der Waals surface area contributed by atoms with Crippen LogP contribution in [-0.4, -0.2) is 64.1 Å². The van der Waals surface area contributed by atoms with Gasteiger partial charge in [-0.2, -0.15) is 5.10 Å². The number of benzene rings is 2. The molecule has 0 spiro atoms. The van der Waals surface area contributed by atoms with Crippen LogP contribution in [0.4, 0.5) is 10.1 Å². The number of rotatable bonds is 6. The highest BCUT2D eigenvalue weighted by Crippen LogP contribution is 2.21. The minimum Gasteiger partial charge on any atom is -0.336 e. The number of carbonyl (C=O) groups is 2. The Kier molecular flexibility index (Phi) is 7.05. The van der Waals surface area contributed by atoms with Crippen LogP contribution in [0, 0.1) is 5.82 Å². The van der Waals surface area contributed by atoms with E-state index in [0.717, 1.165) is 5.69 Å². The first-order valence-electron chi connectivity index (χ1n) is 10.8. The van der Waals surface area contributed by atoms with Crippen LogP contribution >= 0.6 is 11.6 Å². The molecule has 1 aliphatic heterocycles. The average molecular weight is 470 g/mol. The molecule has 9 heteroatoms. The molecule has 1 saturated heterocycles. The number of amides is 2. The van der Waals surface area contributed by atoms with E-state index in [1.165, 1.54) is 12.1 Å². The molecule has 7 nitrogen and oxygen atoms in total. The largest absolute Gasteiger partial charge is 0.336 e. The number of aromatic nitrogens is 2. The van der Waals surface area contributed by atoms with Gasteiger partial charge in [0.25, 0.3) is 5.91 Å². The van der Waals surface area contributed by atoms with Crippen molar-refractivity contribution in [1.29, 1.82) is 0 Å². The molecule has 2 aromatic carbocycles. The van der Waals surface area contributed by atoms with Crippen LogP contribution in [-0.2, 0) is 11.2 Å². The second-order valence-corrected chi connectivity index (χ2v) is 8.25. The van der Waals surface area contributed by atoms with Crippen LogP contribution < -0.4 is 5.32 Å². The lowest BCUT2D eigenvalue weighted by atomic mass is 10.1. The van der Waals surface area contributed by atoms with E-state index in [2.05, 4.69) is 10.4 Å². The second-order valence-electron chi connectivity index (χ2n) is 7.84. The van der Waals surface area contributed by atoms with Crippen molar-refractivity contribution in [2.45, 2.75) is 13.3 Å². The summed E-state index contributed by atoms with van der Waals surface area (Å²) in [6.45, 7) is 4.41. The number of nitrogens with zero attached hydrogens (tertiary/aromatic N) is 4. The van der Waals surface area contributed by atoms with Crippen molar-refractivity contribution in [2.24, 2.45) is 0 Å². The van der Waals surface area contributed by atoms with Crippen LogP contribution in [0.25, 0.3) is 5.69 Å². The summed E-state index contributed by atoms with van der Waals surface area (Å²) in [6.07, 6.45) is 2.19. The van der Waals surface area contributed by atoms with Gasteiger partial charge in [0.05, 0.1) is 40.4 Å². The van der Waals surface area contributed by atoms with Crippen LogP contribution in [0.2, 0.25) is 5.02 Å². The summed E-state index contributed by atoms with van der Waals surface area (Å²) in [4.78, 5) is 29.4. The molecule has 0 atom stereocenters. The Hall–Kier alpha value is -3.23. The molecular formula is C24H25ClFN5O2. The maximum Gasteiger partial charge on any atom is 0.257 e. The Labute approximate surface area is 196 Å². The standard InChI is InChI=1S/C24H25ClFN5O2/c1-2-22-19(15-27-31(22)18-9-7-17(26)8-10-18)24(33)30-13-11-29(12-14-30)16-23(32)28-21-6-4-3-5-20(21)25/h3-10,15H,2,11-14,16H2,1H3,(H,28,32). The van der Waals surface area contributed by atoms with Crippen molar-refractivity contribution in [3.8, 4) is 5.69 Å². The van der Waals surface area contributed by atoms with E-state index in [0.29, 0.717) is 54.6 Å². The number of para-hydroxylation sites is 1. The maximum absolute atomic E-state index is 13.3. The summed E-state index contributed by atoms with van der Waals surface area (Å²) >= 11 is 6.10. The first-order chi connectivity index (χ1) is 16.0. The molecule has 0 aliphatic carbocycles. The summed E-state index contributed by atoms with van der Waals surface area (Å²) < 4.78 is 15.0. The normalized spacial score (nSPS) is 14.3. The van der Waals surface area contributed by atoms with E-state index in [9.17, 15) is 14.0 Å². The molecule has 1 N–H and O–H groups in total. The molecule has 0 radical (unpaired) electrons. The van der Waals surface area contributed by atoms with E-state index < -0.39 is 0 Å². The van der Waals surface area contributed by atoms with Crippen molar-refractivity contribution in [2.75, 3.05) is 38.0 Å². The third-order valence-corrected chi connectivity index (χ3v) is 6.01. The predicted octanol–water partition coefficient (Wildman–Crippen LogP) is 3.62. The molecule has 2 amide bonds. The Balaban J connectivity index is 1.36. The van der Waals surface area contributed by atoms with Gasteiger partial charge in [-0.25, -0.2) is 9.07 Å². The third kappa shape index (κ3) is 5.23. The zero-order chi connectivity index (χ0) is 23.4. The van der Waals surface area contributed by atoms with Gasteiger partial charge in [0.15, 0.2) is 0 Å². The number of anilines is 1. The van der Waals surface area contributed by atoms with E-state index in [-0.39, 0.29) is 24.2 Å². The average Bonchev–Trinajstić information content (AvgIpc) is 3.25. The fourth-order valence-corrected chi connectivity index (χ4v) is 4.12. The molecule has 2 heterocycles. The zero-order valence-electron chi connectivity index (χ0n) is 18.3. The van der Waals surface area contributed by atoms with Gasteiger partial charge in [-0.15, -0.1) is 0 Å². The number of hydrogen-bond donors (Lipinski definition) is 1. The number of nitrogens with one attached hydrogen (secondary N) is 1. The molecule has 0 saturated carbocycles. The molecule has 3 aromatic rings. The summed E-state index contributed by atoms with van der Waals surface area (Å²) in [5, 5.41) is 7.70. The van der Waals surface area contributed by atoms with Crippen molar-refractivity contribution < 1.29 is 14.0 Å². The monoisotopic (exact) mass is 469 g/mol. The number of halogens is 2. The quantitative estimate of drug-likeness (QED) is 0.598. The molecule has 33 heavy (non-hydrogen) atoms. The van der Waals surface area contributed by atoms with Crippen LogP contribution in [0.15, 0.2) is 54.7 Å². The van der Waals surface area contributed by atoms with E-state index in [1.807, 2.05) is 24.0 Å². The summed E-state index contributed by atoms with van der Waals surface area (Å²) in [5.74, 6) is -0.546. The minimum atomic E-state index is -0.321. The maximum atomic E-state index is 13.3. The fourth-order valence-electron chi connectivity index (χ4n) is 3.93. The lowest BCUT2D eigenvalue weighted by molar-refractivity contribution is -0.117. The number of piperazine rings is 1. The predicted molar refractivity (Wildman–Crippen MR) is 125 cm³/mol. The SMILES string of the molecule is CCc1c(C(=O)N2CCN(CC(=O)Nc3ccccc3Cl)CC2)cnn1-c1ccc(F)cc1. The molecule has 4 rings (SSSR count). The molecule has 0 unspecified atom stereocenters. The number of carbonyl (C=O) groups excluding carboxylic acids is 2. The summed E-state index contributed by atoms with van der Waals surface area (Å²) in [7, 11) is 0. The van der Waals surface area contributed by atoms with Crippen molar-refractivity contribution in [3.05, 3.63) is 76.8 Å². The molecule has 1 aromatic heterocycles. The van der Waals surface area contributed by atoms with Crippen molar-refractivity contribution in [3.63, 3.8) is 0 Å². The first kappa shape index (κ1) is 22.9. The molecule has 0 bridgehead atoms. The van der Waals surface area contributed by atoms with Gasteiger partial charge in [0, 0.05) is 26.2 Å². The topological polar surface area (TPSA) is 70.5 Å². The van der Waals surface area contributed by atoms with E-state index in [4.69, 9.17) is 11.6 Å². The zero-order valence-corrected chi connectivity index (χ0v) is 19.1. The molecular weight excluding hydrogens is 445 g/mol. The van der Waals surface area contributed by atoms with Gasteiger partial charge >= 0.3 is 0 Å². The molecule has 1 aliphatic rings. The summed E-state index contributed by atoms with van der Waals surface area (Å²) in [6, 6.07) is 13.1. The number of hydrogen-bond acceptors (Lipinski definition) is 4. The minimum absolute atomic E-state index is 0.0830. The van der Waals surface area contributed by atoms with Gasteiger partial charge in [0.1, 0.15) is 5.82 Å². The van der Waals surface area contributed by atoms with Gasteiger partial charge in [0.2, 0.25) is 5.91 Å². The van der Waals surface area contributed by atoms with Crippen LogP contribution in [0.1, 0.15) is 23.0 Å². The van der Waals surface area contributed by atoms with E-state index in [1.54, 1.807) is 40.0 Å². The Morgan fingerprint density at radius 2 is 1.76 bits per heavy atom. The van der Waals surface area contributed by atoms with Crippen molar-refractivity contribution >= 4 is 29.1 Å². The third-order valence-electron chi connectivity index (χ3n) is 5.68. The smallest absolute Gasteiger partial charge is 0.257 e. The van der Waals surface area contributed by atoms with Gasteiger partial charge in [-0.3, -0.25) is 14.5 Å².